The topological polar surface area (TPSA) is 86.8 Å². The van der Waals surface area contributed by atoms with E-state index in [1.54, 1.807) is 49.4 Å². The standard InChI is InChI=1S/C29H32Cl3N3O4S/c1-4-5-17-33-29(37)21(3)34(18-25-26(31)7-6-8-27(25)32)28(36)19-35(23-13-9-20(2)10-14-23)40(38,39)24-15-11-22(30)12-16-24/h6-16,21H,4-5,17-19H2,1-3H3,(H,33,37)/t21-/m1/s1. The molecule has 2 amide bonds. The number of anilines is 1. The van der Waals surface area contributed by atoms with Crippen LogP contribution in [0.3, 0.4) is 0 Å². The number of carbonyl (C=O) groups excluding carboxylic acids is 2. The predicted octanol–water partition coefficient (Wildman–Crippen LogP) is 6.48. The van der Waals surface area contributed by atoms with Crippen molar-refractivity contribution in [3.63, 3.8) is 0 Å². The Balaban J connectivity index is 2.03. The summed E-state index contributed by atoms with van der Waals surface area (Å²) < 4.78 is 28.7. The van der Waals surface area contributed by atoms with Crippen molar-refractivity contribution in [3.8, 4) is 0 Å². The molecule has 1 N–H and O–H groups in total. The fourth-order valence-corrected chi connectivity index (χ4v) is 6.00. The minimum Gasteiger partial charge on any atom is -0.354 e. The molecule has 0 aromatic heterocycles. The van der Waals surface area contributed by atoms with E-state index < -0.39 is 28.5 Å². The molecular formula is C29H32Cl3N3O4S. The molecule has 7 nitrogen and oxygen atoms in total. The summed E-state index contributed by atoms with van der Waals surface area (Å²) in [4.78, 5) is 28.3. The van der Waals surface area contributed by atoms with E-state index in [4.69, 9.17) is 34.8 Å². The lowest BCUT2D eigenvalue weighted by molar-refractivity contribution is -0.139. The average Bonchev–Trinajstić information content (AvgIpc) is 2.92. The van der Waals surface area contributed by atoms with Crippen LogP contribution in [-0.2, 0) is 26.2 Å². The highest BCUT2D eigenvalue weighted by atomic mass is 35.5. The third-order valence-electron chi connectivity index (χ3n) is 6.39. The van der Waals surface area contributed by atoms with Gasteiger partial charge < -0.3 is 10.2 Å². The van der Waals surface area contributed by atoms with Gasteiger partial charge in [0, 0.05) is 33.7 Å². The van der Waals surface area contributed by atoms with Gasteiger partial charge in [-0.15, -0.1) is 0 Å². The quantitative estimate of drug-likeness (QED) is 0.234. The number of aryl methyl sites for hydroxylation is 1. The van der Waals surface area contributed by atoms with Gasteiger partial charge in [0.05, 0.1) is 10.6 Å². The molecule has 0 radical (unpaired) electrons. The van der Waals surface area contributed by atoms with Crippen molar-refractivity contribution < 1.29 is 18.0 Å². The summed E-state index contributed by atoms with van der Waals surface area (Å²) in [5, 5.41) is 3.87. The SMILES string of the molecule is CCCCNC(=O)[C@@H](C)N(Cc1c(Cl)cccc1Cl)C(=O)CN(c1ccc(C)cc1)S(=O)(=O)c1ccc(Cl)cc1. The molecule has 0 spiro atoms. The molecule has 0 aliphatic heterocycles. The van der Waals surface area contributed by atoms with Crippen molar-refractivity contribution in [3.05, 3.63) is 92.9 Å². The molecule has 0 unspecified atom stereocenters. The maximum atomic E-state index is 14.0. The number of nitrogens with zero attached hydrogens (tertiary/aromatic N) is 2. The largest absolute Gasteiger partial charge is 0.354 e. The van der Waals surface area contributed by atoms with Crippen molar-refractivity contribution in [1.29, 1.82) is 0 Å². The van der Waals surface area contributed by atoms with Gasteiger partial charge >= 0.3 is 0 Å². The second kappa shape index (κ2) is 14.2. The lowest BCUT2D eigenvalue weighted by Crippen LogP contribution is -2.51. The van der Waals surface area contributed by atoms with Gasteiger partial charge in [0.2, 0.25) is 11.8 Å². The molecule has 0 heterocycles. The number of carbonyl (C=O) groups is 2. The van der Waals surface area contributed by atoms with E-state index >= 15 is 0 Å². The Morgan fingerprint density at radius 3 is 2.10 bits per heavy atom. The normalized spacial score (nSPS) is 12.1. The zero-order valence-electron chi connectivity index (χ0n) is 22.5. The average molecular weight is 625 g/mol. The second-order valence-corrected chi connectivity index (χ2v) is 12.5. The van der Waals surface area contributed by atoms with Crippen molar-refractivity contribution >= 4 is 62.3 Å². The van der Waals surface area contributed by atoms with Crippen LogP contribution in [-0.4, -0.2) is 44.3 Å². The summed E-state index contributed by atoms with van der Waals surface area (Å²) in [6.07, 6.45) is 1.67. The van der Waals surface area contributed by atoms with Gasteiger partial charge in [0.25, 0.3) is 10.0 Å². The maximum absolute atomic E-state index is 14.0. The van der Waals surface area contributed by atoms with Crippen LogP contribution in [0.25, 0.3) is 0 Å². The lowest BCUT2D eigenvalue weighted by atomic mass is 10.1. The number of halogens is 3. The Morgan fingerprint density at radius 1 is 0.925 bits per heavy atom. The van der Waals surface area contributed by atoms with Crippen molar-refractivity contribution in [2.75, 3.05) is 17.4 Å². The first-order valence-corrected chi connectivity index (χ1v) is 15.4. The monoisotopic (exact) mass is 623 g/mol. The molecule has 0 fully saturated rings. The zero-order chi connectivity index (χ0) is 29.4. The van der Waals surface area contributed by atoms with E-state index in [2.05, 4.69) is 5.32 Å². The molecule has 0 aliphatic carbocycles. The maximum Gasteiger partial charge on any atom is 0.264 e. The first kappa shape index (κ1) is 31.7. The van der Waals surface area contributed by atoms with Crippen LogP contribution in [0, 0.1) is 6.92 Å². The van der Waals surface area contributed by atoms with Crippen molar-refractivity contribution in [1.82, 2.24) is 10.2 Å². The predicted molar refractivity (Wildman–Crippen MR) is 162 cm³/mol. The summed E-state index contributed by atoms with van der Waals surface area (Å²) in [6, 6.07) is 16.5. The van der Waals surface area contributed by atoms with E-state index in [1.165, 1.54) is 29.2 Å². The molecule has 214 valence electrons. The van der Waals surface area contributed by atoms with Gasteiger partial charge in [-0.1, -0.05) is 71.9 Å². The van der Waals surface area contributed by atoms with Crippen LogP contribution in [0.5, 0.6) is 0 Å². The molecule has 0 aliphatic rings. The molecular weight excluding hydrogens is 593 g/mol. The third-order valence-corrected chi connectivity index (χ3v) is 9.14. The number of amides is 2. The fraction of sp³-hybridized carbons (Fsp3) is 0.310. The van der Waals surface area contributed by atoms with Gasteiger partial charge in [-0.2, -0.15) is 0 Å². The molecule has 3 aromatic rings. The molecule has 3 rings (SSSR count). The number of hydrogen-bond acceptors (Lipinski definition) is 4. The Kier molecular flexibility index (Phi) is 11.3. The van der Waals surface area contributed by atoms with Gasteiger partial charge in [0.15, 0.2) is 0 Å². The highest BCUT2D eigenvalue weighted by molar-refractivity contribution is 7.92. The molecule has 0 saturated heterocycles. The highest BCUT2D eigenvalue weighted by Gasteiger charge is 2.33. The van der Waals surface area contributed by atoms with E-state index in [0.717, 1.165) is 22.7 Å². The van der Waals surface area contributed by atoms with E-state index in [1.807, 2.05) is 13.8 Å². The molecule has 40 heavy (non-hydrogen) atoms. The highest BCUT2D eigenvalue weighted by Crippen LogP contribution is 2.29. The van der Waals surface area contributed by atoms with Gasteiger partial charge in [0.1, 0.15) is 12.6 Å². The molecule has 0 saturated carbocycles. The third kappa shape index (κ3) is 7.91. The molecule has 0 bridgehead atoms. The Morgan fingerprint density at radius 2 is 1.52 bits per heavy atom. The summed E-state index contributed by atoms with van der Waals surface area (Å²) in [5.74, 6) is -0.973. The van der Waals surface area contributed by atoms with Crippen LogP contribution in [0.4, 0.5) is 5.69 Å². The Bertz CT molecular complexity index is 1410. The lowest BCUT2D eigenvalue weighted by Gasteiger charge is -2.32. The van der Waals surface area contributed by atoms with E-state index in [9.17, 15) is 18.0 Å². The smallest absolute Gasteiger partial charge is 0.264 e. The summed E-state index contributed by atoms with van der Waals surface area (Å²) >= 11 is 18.8. The molecule has 1 atom stereocenters. The number of benzene rings is 3. The number of sulfonamides is 1. The molecule has 11 heteroatoms. The first-order chi connectivity index (χ1) is 18.9. The number of unbranched alkanes of at least 4 members (excludes halogenated alkanes) is 1. The van der Waals surface area contributed by atoms with E-state index in [0.29, 0.717) is 32.9 Å². The van der Waals surface area contributed by atoms with Gasteiger partial charge in [-0.3, -0.25) is 13.9 Å². The van der Waals surface area contributed by atoms with Crippen molar-refractivity contribution in [2.45, 2.75) is 51.1 Å². The Labute approximate surface area is 251 Å². The van der Waals surface area contributed by atoms with Gasteiger partial charge in [-0.05, 0) is 68.8 Å². The van der Waals surface area contributed by atoms with Crippen LogP contribution in [0.15, 0.2) is 71.6 Å². The zero-order valence-corrected chi connectivity index (χ0v) is 25.6. The fourth-order valence-electron chi connectivity index (χ4n) is 3.95. The second-order valence-electron chi connectivity index (χ2n) is 9.34. The first-order valence-electron chi connectivity index (χ1n) is 12.8. The summed E-state index contributed by atoms with van der Waals surface area (Å²) in [5.41, 5.74) is 1.67. The number of rotatable bonds is 12. The minimum atomic E-state index is -4.19. The number of nitrogens with one attached hydrogen (secondary N) is 1. The summed E-state index contributed by atoms with van der Waals surface area (Å²) in [7, 11) is -4.19. The minimum absolute atomic E-state index is 0.0312. The van der Waals surface area contributed by atoms with Crippen LogP contribution >= 0.6 is 34.8 Å². The number of hydrogen-bond donors (Lipinski definition) is 1. The Hall–Kier alpha value is -2.78. The van der Waals surface area contributed by atoms with Crippen LogP contribution < -0.4 is 9.62 Å². The van der Waals surface area contributed by atoms with Crippen LogP contribution in [0.1, 0.15) is 37.8 Å². The van der Waals surface area contributed by atoms with Gasteiger partial charge in [-0.25, -0.2) is 8.42 Å². The van der Waals surface area contributed by atoms with Crippen LogP contribution in [0.2, 0.25) is 15.1 Å². The van der Waals surface area contributed by atoms with Crippen molar-refractivity contribution in [2.24, 2.45) is 0 Å². The molecule has 3 aromatic carbocycles. The van der Waals surface area contributed by atoms with E-state index in [-0.39, 0.29) is 17.3 Å². The summed E-state index contributed by atoms with van der Waals surface area (Å²) in [6.45, 7) is 5.26.